The van der Waals surface area contributed by atoms with Gasteiger partial charge >= 0.3 is 0 Å². The van der Waals surface area contributed by atoms with E-state index in [9.17, 15) is 0 Å². The van der Waals surface area contributed by atoms with Crippen LogP contribution < -0.4 is 0 Å². The standard InChI is InChI=1S/C16H19ClN2/c1-11-6-13-7-14(17)8-15(16(13)18-9-11)12-4-3-5-19(2)10-12/h6-9,12H,3-5,10H2,1-2H3. The zero-order valence-electron chi connectivity index (χ0n) is 11.5. The van der Waals surface area contributed by atoms with Crippen LogP contribution in [0.5, 0.6) is 0 Å². The molecular formula is C16H19ClN2. The van der Waals surface area contributed by atoms with Crippen molar-refractivity contribution in [3.05, 3.63) is 40.5 Å². The number of piperidine rings is 1. The Morgan fingerprint density at radius 2 is 2.16 bits per heavy atom. The van der Waals surface area contributed by atoms with Crippen LogP contribution in [-0.2, 0) is 0 Å². The van der Waals surface area contributed by atoms with Crippen molar-refractivity contribution >= 4 is 22.5 Å². The molecule has 0 aliphatic carbocycles. The van der Waals surface area contributed by atoms with E-state index in [4.69, 9.17) is 11.6 Å². The number of hydrogen-bond acceptors (Lipinski definition) is 2. The fourth-order valence-electron chi connectivity index (χ4n) is 3.08. The van der Waals surface area contributed by atoms with E-state index >= 15 is 0 Å². The SMILES string of the molecule is Cc1cnc2c(C3CCCN(C)C3)cc(Cl)cc2c1. The Bertz CT molecular complexity index is 604. The minimum absolute atomic E-state index is 0.551. The summed E-state index contributed by atoms with van der Waals surface area (Å²) in [7, 11) is 2.19. The van der Waals surface area contributed by atoms with Gasteiger partial charge in [-0.1, -0.05) is 11.6 Å². The minimum Gasteiger partial charge on any atom is -0.306 e. The van der Waals surface area contributed by atoms with Gasteiger partial charge in [-0.15, -0.1) is 0 Å². The predicted molar refractivity (Wildman–Crippen MR) is 81.0 cm³/mol. The first-order valence-corrected chi connectivity index (χ1v) is 7.25. The highest BCUT2D eigenvalue weighted by Crippen LogP contribution is 2.33. The Labute approximate surface area is 119 Å². The monoisotopic (exact) mass is 274 g/mol. The van der Waals surface area contributed by atoms with E-state index in [1.165, 1.54) is 30.5 Å². The number of benzene rings is 1. The number of likely N-dealkylation sites (N-methyl/N-ethyl adjacent to an activating group) is 1. The van der Waals surface area contributed by atoms with Crippen molar-refractivity contribution in [2.75, 3.05) is 20.1 Å². The average Bonchev–Trinajstić information content (AvgIpc) is 2.37. The third-order valence-corrected chi connectivity index (χ3v) is 4.20. The molecule has 1 aliphatic rings. The van der Waals surface area contributed by atoms with E-state index in [-0.39, 0.29) is 0 Å². The normalized spacial score (nSPS) is 20.9. The number of halogens is 1. The van der Waals surface area contributed by atoms with Crippen LogP contribution in [0.2, 0.25) is 5.02 Å². The van der Waals surface area contributed by atoms with E-state index in [0.717, 1.165) is 22.5 Å². The van der Waals surface area contributed by atoms with Gasteiger partial charge in [0.2, 0.25) is 0 Å². The first-order valence-electron chi connectivity index (χ1n) is 6.88. The predicted octanol–water partition coefficient (Wildman–Crippen LogP) is 4.01. The number of nitrogens with zero attached hydrogens (tertiary/aromatic N) is 2. The summed E-state index contributed by atoms with van der Waals surface area (Å²) >= 11 is 6.29. The number of fused-ring (bicyclic) bond motifs is 1. The minimum atomic E-state index is 0.551. The van der Waals surface area contributed by atoms with Crippen LogP contribution in [0.15, 0.2) is 24.4 Å². The Balaban J connectivity index is 2.11. The molecule has 19 heavy (non-hydrogen) atoms. The van der Waals surface area contributed by atoms with Gasteiger partial charge in [-0.25, -0.2) is 0 Å². The van der Waals surface area contributed by atoms with Crippen molar-refractivity contribution in [3.8, 4) is 0 Å². The highest BCUT2D eigenvalue weighted by atomic mass is 35.5. The summed E-state index contributed by atoms with van der Waals surface area (Å²) in [6.45, 7) is 4.37. The summed E-state index contributed by atoms with van der Waals surface area (Å²) < 4.78 is 0. The van der Waals surface area contributed by atoms with E-state index < -0.39 is 0 Å². The smallest absolute Gasteiger partial charge is 0.0738 e. The van der Waals surface area contributed by atoms with Crippen LogP contribution in [0.1, 0.15) is 29.9 Å². The van der Waals surface area contributed by atoms with Crippen molar-refractivity contribution in [1.29, 1.82) is 0 Å². The van der Waals surface area contributed by atoms with E-state index in [0.29, 0.717) is 5.92 Å². The van der Waals surface area contributed by atoms with E-state index in [1.807, 2.05) is 12.3 Å². The maximum absolute atomic E-state index is 6.29. The molecule has 0 saturated carbocycles. The lowest BCUT2D eigenvalue weighted by atomic mass is 9.89. The topological polar surface area (TPSA) is 16.1 Å². The molecule has 2 aromatic rings. The summed E-state index contributed by atoms with van der Waals surface area (Å²) in [6.07, 6.45) is 4.43. The van der Waals surface area contributed by atoms with Crippen molar-refractivity contribution < 1.29 is 0 Å². The number of aryl methyl sites for hydroxylation is 1. The van der Waals surface area contributed by atoms with Gasteiger partial charge in [-0.2, -0.15) is 0 Å². The van der Waals surface area contributed by atoms with Gasteiger partial charge in [-0.3, -0.25) is 4.98 Å². The first kappa shape index (κ1) is 12.9. The number of hydrogen-bond donors (Lipinski definition) is 0. The van der Waals surface area contributed by atoms with Crippen LogP contribution in [0.3, 0.4) is 0 Å². The number of pyridine rings is 1. The Hall–Kier alpha value is -1.12. The number of aromatic nitrogens is 1. The second kappa shape index (κ2) is 5.10. The molecule has 100 valence electrons. The van der Waals surface area contributed by atoms with Crippen molar-refractivity contribution in [1.82, 2.24) is 9.88 Å². The second-order valence-corrected chi connectivity index (χ2v) is 6.12. The van der Waals surface area contributed by atoms with Gasteiger partial charge in [-0.05, 0) is 68.6 Å². The molecule has 1 fully saturated rings. The van der Waals surface area contributed by atoms with Crippen LogP contribution in [0.4, 0.5) is 0 Å². The molecule has 1 saturated heterocycles. The largest absolute Gasteiger partial charge is 0.306 e. The van der Waals surface area contributed by atoms with Crippen LogP contribution >= 0.6 is 11.6 Å². The fourth-order valence-corrected chi connectivity index (χ4v) is 3.32. The maximum atomic E-state index is 6.29. The molecule has 1 atom stereocenters. The lowest BCUT2D eigenvalue weighted by molar-refractivity contribution is 0.251. The van der Waals surface area contributed by atoms with E-state index in [1.54, 1.807) is 0 Å². The van der Waals surface area contributed by atoms with Crippen LogP contribution in [-0.4, -0.2) is 30.0 Å². The van der Waals surface area contributed by atoms with Crippen LogP contribution in [0.25, 0.3) is 10.9 Å². The van der Waals surface area contributed by atoms with Gasteiger partial charge in [0, 0.05) is 23.2 Å². The highest BCUT2D eigenvalue weighted by Gasteiger charge is 2.21. The molecule has 1 aromatic carbocycles. The van der Waals surface area contributed by atoms with Gasteiger partial charge in [0.15, 0.2) is 0 Å². The van der Waals surface area contributed by atoms with Gasteiger partial charge in [0.05, 0.1) is 5.52 Å². The Kier molecular flexibility index (Phi) is 3.46. The summed E-state index contributed by atoms with van der Waals surface area (Å²) in [4.78, 5) is 7.04. The van der Waals surface area contributed by atoms with Crippen molar-refractivity contribution in [3.63, 3.8) is 0 Å². The average molecular weight is 275 g/mol. The third kappa shape index (κ3) is 2.60. The lowest BCUT2D eigenvalue weighted by Gasteiger charge is -2.30. The lowest BCUT2D eigenvalue weighted by Crippen LogP contribution is -2.30. The molecule has 2 heterocycles. The molecule has 3 heteroatoms. The summed E-state index contributed by atoms with van der Waals surface area (Å²) in [6, 6.07) is 6.30. The summed E-state index contributed by atoms with van der Waals surface area (Å²) in [5.41, 5.74) is 3.62. The van der Waals surface area contributed by atoms with E-state index in [2.05, 4.69) is 36.0 Å². The first-order chi connectivity index (χ1) is 9.13. The molecule has 0 amide bonds. The Morgan fingerprint density at radius 1 is 1.32 bits per heavy atom. The molecule has 1 aliphatic heterocycles. The molecule has 0 radical (unpaired) electrons. The van der Waals surface area contributed by atoms with Crippen molar-refractivity contribution in [2.45, 2.75) is 25.7 Å². The highest BCUT2D eigenvalue weighted by molar-refractivity contribution is 6.31. The van der Waals surface area contributed by atoms with Crippen molar-refractivity contribution in [2.24, 2.45) is 0 Å². The zero-order chi connectivity index (χ0) is 13.4. The third-order valence-electron chi connectivity index (χ3n) is 3.98. The fraction of sp³-hybridized carbons (Fsp3) is 0.438. The molecule has 0 spiro atoms. The van der Waals surface area contributed by atoms with Gasteiger partial charge < -0.3 is 4.90 Å². The second-order valence-electron chi connectivity index (χ2n) is 5.68. The van der Waals surface area contributed by atoms with Gasteiger partial charge in [0.1, 0.15) is 0 Å². The Morgan fingerprint density at radius 3 is 2.95 bits per heavy atom. The number of likely N-dealkylation sites (tertiary alicyclic amines) is 1. The molecule has 0 N–H and O–H groups in total. The molecule has 1 unspecified atom stereocenters. The molecule has 3 rings (SSSR count). The zero-order valence-corrected chi connectivity index (χ0v) is 12.2. The molecular weight excluding hydrogens is 256 g/mol. The quantitative estimate of drug-likeness (QED) is 0.781. The summed E-state index contributed by atoms with van der Waals surface area (Å²) in [5.74, 6) is 0.551. The maximum Gasteiger partial charge on any atom is 0.0738 e. The number of rotatable bonds is 1. The van der Waals surface area contributed by atoms with Crippen LogP contribution in [0, 0.1) is 6.92 Å². The summed E-state index contributed by atoms with van der Waals surface area (Å²) in [5, 5.41) is 1.99. The molecule has 1 aromatic heterocycles. The molecule has 2 nitrogen and oxygen atoms in total. The molecule has 0 bridgehead atoms. The van der Waals surface area contributed by atoms with Gasteiger partial charge in [0.25, 0.3) is 0 Å².